The van der Waals surface area contributed by atoms with E-state index in [0.717, 1.165) is 11.3 Å². The number of hydrogen-bond acceptors (Lipinski definition) is 4. The van der Waals surface area contributed by atoms with E-state index in [0.29, 0.717) is 19.6 Å². The number of aryl methyl sites for hydroxylation is 1. The van der Waals surface area contributed by atoms with Gasteiger partial charge in [-0.05, 0) is 25.5 Å². The Bertz CT molecular complexity index is 433. The number of morpholine rings is 1. The van der Waals surface area contributed by atoms with Gasteiger partial charge >= 0.3 is 0 Å². The van der Waals surface area contributed by atoms with Crippen LogP contribution in [0.15, 0.2) is 18.3 Å². The number of rotatable bonds is 3. The fraction of sp³-hybridized carbons (Fsp3) is 0.571. The first-order chi connectivity index (χ1) is 9.10. The Hall–Kier alpha value is -1.46. The van der Waals surface area contributed by atoms with Crippen LogP contribution < -0.4 is 0 Å². The van der Waals surface area contributed by atoms with Crippen molar-refractivity contribution >= 4 is 5.91 Å². The summed E-state index contributed by atoms with van der Waals surface area (Å²) in [7, 11) is 0. The van der Waals surface area contributed by atoms with Crippen molar-refractivity contribution in [3.8, 4) is 0 Å². The maximum absolute atomic E-state index is 12.3. The molecule has 1 aromatic rings. The molecule has 1 aliphatic rings. The fourth-order valence-electron chi connectivity index (χ4n) is 2.15. The lowest BCUT2D eigenvalue weighted by molar-refractivity contribution is -0.145. The van der Waals surface area contributed by atoms with Crippen LogP contribution in [0, 0.1) is 6.92 Å². The van der Waals surface area contributed by atoms with Crippen LogP contribution in [0.5, 0.6) is 0 Å². The average Bonchev–Trinajstić information content (AvgIpc) is 2.42. The predicted octanol–water partition coefficient (Wildman–Crippen LogP) is 0.541. The molecular formula is C14H20N2O3. The van der Waals surface area contributed by atoms with Crippen molar-refractivity contribution < 1.29 is 14.6 Å². The van der Waals surface area contributed by atoms with Gasteiger partial charge in [-0.15, -0.1) is 0 Å². The minimum absolute atomic E-state index is 0.0497. The van der Waals surface area contributed by atoms with Gasteiger partial charge in [-0.1, -0.05) is 6.07 Å². The molecule has 1 amide bonds. The van der Waals surface area contributed by atoms with Crippen LogP contribution in [0.3, 0.4) is 0 Å². The third kappa shape index (κ3) is 3.52. The van der Waals surface area contributed by atoms with Gasteiger partial charge in [0.05, 0.1) is 31.8 Å². The predicted molar refractivity (Wildman–Crippen MR) is 70.7 cm³/mol. The Morgan fingerprint density at radius 3 is 3.00 bits per heavy atom. The molecule has 0 radical (unpaired) electrons. The number of carbonyl (C=O) groups excluding carboxylic acids is 1. The molecule has 1 N–H and O–H groups in total. The Morgan fingerprint density at radius 2 is 2.37 bits per heavy atom. The van der Waals surface area contributed by atoms with Gasteiger partial charge in [-0.25, -0.2) is 0 Å². The second kappa shape index (κ2) is 6.12. The smallest absolute Gasteiger partial charge is 0.227 e. The van der Waals surface area contributed by atoms with Crippen molar-refractivity contribution in [1.29, 1.82) is 0 Å². The van der Waals surface area contributed by atoms with E-state index in [1.807, 2.05) is 26.0 Å². The summed E-state index contributed by atoms with van der Waals surface area (Å²) < 4.78 is 5.43. The lowest BCUT2D eigenvalue weighted by Crippen LogP contribution is -2.52. The van der Waals surface area contributed by atoms with E-state index < -0.39 is 0 Å². The van der Waals surface area contributed by atoms with Crippen molar-refractivity contribution in [2.75, 3.05) is 19.8 Å². The van der Waals surface area contributed by atoms with E-state index in [-0.39, 0.29) is 24.7 Å². The Balaban J connectivity index is 2.00. The second-order valence-electron chi connectivity index (χ2n) is 5.02. The Labute approximate surface area is 113 Å². The van der Waals surface area contributed by atoms with Gasteiger partial charge < -0.3 is 14.7 Å². The highest BCUT2D eigenvalue weighted by atomic mass is 16.5. The molecule has 0 aliphatic carbocycles. The van der Waals surface area contributed by atoms with E-state index in [2.05, 4.69) is 4.98 Å². The first-order valence-electron chi connectivity index (χ1n) is 6.53. The summed E-state index contributed by atoms with van der Waals surface area (Å²) in [5, 5.41) is 9.12. The topological polar surface area (TPSA) is 62.7 Å². The molecular weight excluding hydrogens is 244 g/mol. The first-order valence-corrected chi connectivity index (χ1v) is 6.53. The van der Waals surface area contributed by atoms with Crippen molar-refractivity contribution in [2.24, 2.45) is 0 Å². The van der Waals surface area contributed by atoms with Crippen LogP contribution >= 0.6 is 0 Å². The van der Waals surface area contributed by atoms with E-state index in [1.54, 1.807) is 11.1 Å². The lowest BCUT2D eigenvalue weighted by Gasteiger charge is -2.37. The summed E-state index contributed by atoms with van der Waals surface area (Å²) in [6.07, 6.45) is 1.81. The molecule has 0 aromatic carbocycles. The van der Waals surface area contributed by atoms with Crippen LogP contribution in [0.4, 0.5) is 0 Å². The lowest BCUT2D eigenvalue weighted by atomic mass is 10.1. The molecule has 0 spiro atoms. The number of hydrogen-bond donors (Lipinski definition) is 1. The van der Waals surface area contributed by atoms with Gasteiger partial charge in [0.1, 0.15) is 0 Å². The molecule has 2 heterocycles. The zero-order chi connectivity index (χ0) is 13.8. The van der Waals surface area contributed by atoms with Gasteiger partial charge in [-0.2, -0.15) is 0 Å². The summed E-state index contributed by atoms with van der Waals surface area (Å²) in [6.45, 7) is 4.75. The van der Waals surface area contributed by atoms with Crippen molar-refractivity contribution in [3.05, 3.63) is 29.6 Å². The van der Waals surface area contributed by atoms with Crippen LogP contribution in [-0.2, 0) is 16.0 Å². The number of aliphatic hydroxyl groups is 1. The maximum atomic E-state index is 12.3. The highest BCUT2D eigenvalue weighted by molar-refractivity contribution is 5.79. The molecule has 2 atom stereocenters. The highest BCUT2D eigenvalue weighted by Crippen LogP contribution is 2.13. The SMILES string of the molecule is Cc1ccc(CC(=O)N2CC(CO)OCC2C)cn1. The first kappa shape index (κ1) is 14.0. The molecule has 2 unspecified atom stereocenters. The zero-order valence-corrected chi connectivity index (χ0v) is 11.4. The van der Waals surface area contributed by atoms with Crippen LogP contribution in [0.25, 0.3) is 0 Å². The standard InChI is InChI=1S/C14H20N2O3/c1-10-3-4-12(6-15-10)5-14(18)16-7-13(8-17)19-9-11(16)2/h3-4,6,11,13,17H,5,7-9H2,1-2H3. The zero-order valence-electron chi connectivity index (χ0n) is 11.4. The summed E-state index contributed by atoms with van der Waals surface area (Å²) >= 11 is 0. The van der Waals surface area contributed by atoms with Gasteiger partial charge in [0.2, 0.25) is 5.91 Å². The van der Waals surface area contributed by atoms with Crippen molar-refractivity contribution in [1.82, 2.24) is 9.88 Å². The molecule has 0 bridgehead atoms. The van der Waals surface area contributed by atoms with E-state index >= 15 is 0 Å². The third-order valence-corrected chi connectivity index (χ3v) is 3.36. The molecule has 5 heteroatoms. The van der Waals surface area contributed by atoms with E-state index in [9.17, 15) is 4.79 Å². The number of carbonyl (C=O) groups is 1. The minimum atomic E-state index is -0.267. The van der Waals surface area contributed by atoms with Gasteiger partial charge in [0.25, 0.3) is 0 Å². The molecule has 1 saturated heterocycles. The monoisotopic (exact) mass is 264 g/mol. The van der Waals surface area contributed by atoms with Gasteiger partial charge in [-0.3, -0.25) is 9.78 Å². The largest absolute Gasteiger partial charge is 0.394 e. The van der Waals surface area contributed by atoms with Crippen molar-refractivity contribution in [2.45, 2.75) is 32.4 Å². The normalized spacial score (nSPS) is 23.4. The van der Waals surface area contributed by atoms with E-state index in [1.165, 1.54) is 0 Å². The third-order valence-electron chi connectivity index (χ3n) is 3.36. The molecule has 1 aliphatic heterocycles. The van der Waals surface area contributed by atoms with Crippen LogP contribution in [-0.4, -0.2) is 52.8 Å². The highest BCUT2D eigenvalue weighted by Gasteiger charge is 2.29. The second-order valence-corrected chi connectivity index (χ2v) is 5.02. The Kier molecular flexibility index (Phi) is 4.50. The Morgan fingerprint density at radius 1 is 1.58 bits per heavy atom. The maximum Gasteiger partial charge on any atom is 0.227 e. The number of nitrogens with zero attached hydrogens (tertiary/aromatic N) is 2. The average molecular weight is 264 g/mol. The van der Waals surface area contributed by atoms with Crippen LogP contribution in [0.1, 0.15) is 18.2 Å². The molecule has 104 valence electrons. The molecule has 0 saturated carbocycles. The summed E-state index contributed by atoms with van der Waals surface area (Å²) in [4.78, 5) is 18.3. The van der Waals surface area contributed by atoms with Crippen molar-refractivity contribution in [3.63, 3.8) is 0 Å². The fourth-order valence-corrected chi connectivity index (χ4v) is 2.15. The summed E-state index contributed by atoms with van der Waals surface area (Å²) in [5.41, 5.74) is 1.85. The molecule has 1 fully saturated rings. The number of aromatic nitrogens is 1. The minimum Gasteiger partial charge on any atom is -0.394 e. The number of amides is 1. The molecule has 19 heavy (non-hydrogen) atoms. The quantitative estimate of drug-likeness (QED) is 0.865. The molecule has 1 aromatic heterocycles. The van der Waals surface area contributed by atoms with Crippen LogP contribution in [0.2, 0.25) is 0 Å². The number of aliphatic hydroxyl groups excluding tert-OH is 1. The van der Waals surface area contributed by atoms with Gasteiger partial charge in [0, 0.05) is 18.4 Å². The summed E-state index contributed by atoms with van der Waals surface area (Å²) in [5.74, 6) is 0.0555. The van der Waals surface area contributed by atoms with E-state index in [4.69, 9.17) is 9.84 Å². The molecule has 2 rings (SSSR count). The molecule has 5 nitrogen and oxygen atoms in total. The van der Waals surface area contributed by atoms with Gasteiger partial charge in [0.15, 0.2) is 0 Å². The number of ether oxygens (including phenoxy) is 1. The number of pyridine rings is 1. The summed E-state index contributed by atoms with van der Waals surface area (Å²) in [6, 6.07) is 3.88.